The summed E-state index contributed by atoms with van der Waals surface area (Å²) in [5, 5.41) is 15.1. The van der Waals surface area contributed by atoms with Gasteiger partial charge in [0.25, 0.3) is 0 Å². The van der Waals surface area contributed by atoms with Crippen LogP contribution in [-0.4, -0.2) is 47.3 Å². The van der Waals surface area contributed by atoms with Crippen LogP contribution in [-0.2, 0) is 4.79 Å². The second kappa shape index (κ2) is 5.62. The molecule has 2 N–H and O–H groups in total. The molecule has 90 valence electrons. The van der Waals surface area contributed by atoms with Crippen LogP contribution in [0.2, 0.25) is 0 Å². The van der Waals surface area contributed by atoms with Crippen LogP contribution < -0.4 is 5.32 Å². The molecule has 1 atom stereocenters. The lowest BCUT2D eigenvalue weighted by Crippen LogP contribution is -2.38. The molecule has 0 saturated carbocycles. The number of aliphatic hydroxyl groups excluding tert-OH is 1. The van der Waals surface area contributed by atoms with Gasteiger partial charge in [-0.2, -0.15) is 0 Å². The molecule has 6 heteroatoms. The lowest BCUT2D eigenvalue weighted by atomic mass is 10.3. The van der Waals surface area contributed by atoms with Crippen molar-refractivity contribution in [2.24, 2.45) is 0 Å². The van der Waals surface area contributed by atoms with Gasteiger partial charge < -0.3 is 9.63 Å². The zero-order valence-electron chi connectivity index (χ0n) is 9.73. The van der Waals surface area contributed by atoms with Gasteiger partial charge in [0.15, 0.2) is 0 Å². The van der Waals surface area contributed by atoms with Gasteiger partial charge in [-0.1, -0.05) is 5.16 Å². The van der Waals surface area contributed by atoms with Crippen molar-refractivity contribution < 1.29 is 14.4 Å². The van der Waals surface area contributed by atoms with Crippen molar-refractivity contribution in [1.82, 2.24) is 10.1 Å². The molecular weight excluding hydrogens is 210 g/mol. The third-order valence-corrected chi connectivity index (χ3v) is 2.30. The number of rotatable bonds is 5. The molecule has 0 fully saturated rings. The molecule has 1 heterocycles. The van der Waals surface area contributed by atoms with Gasteiger partial charge in [-0.3, -0.25) is 15.0 Å². The van der Waals surface area contributed by atoms with E-state index in [9.17, 15) is 4.79 Å². The third kappa shape index (κ3) is 3.63. The molecule has 0 radical (unpaired) electrons. The Hall–Kier alpha value is -1.40. The maximum Gasteiger partial charge on any atom is 0.240 e. The molecule has 1 amide bonds. The summed E-state index contributed by atoms with van der Waals surface area (Å²) in [5.74, 6) is 0.145. The standard InChI is InChI=1S/C10H17N3O3/c1-7-4-10(16-12-7)11-9(15)5-13(3)8(2)6-14/h4,8,14H,5-6H2,1-3H3,(H,11,15). The summed E-state index contributed by atoms with van der Waals surface area (Å²) in [5.41, 5.74) is 0.715. The average molecular weight is 227 g/mol. The Kier molecular flexibility index (Phi) is 4.45. The Morgan fingerprint density at radius 3 is 2.94 bits per heavy atom. The SMILES string of the molecule is Cc1cc(NC(=O)CN(C)C(C)CO)on1. The number of hydrogen-bond acceptors (Lipinski definition) is 5. The zero-order valence-corrected chi connectivity index (χ0v) is 9.73. The number of likely N-dealkylation sites (N-methyl/N-ethyl adjacent to an activating group) is 1. The number of aryl methyl sites for hydroxylation is 1. The molecule has 0 bridgehead atoms. The third-order valence-electron chi connectivity index (χ3n) is 2.30. The first kappa shape index (κ1) is 12.7. The number of anilines is 1. The van der Waals surface area contributed by atoms with Crippen molar-refractivity contribution in [1.29, 1.82) is 0 Å². The fraction of sp³-hybridized carbons (Fsp3) is 0.600. The fourth-order valence-electron chi connectivity index (χ4n) is 1.12. The molecule has 1 unspecified atom stereocenters. The van der Waals surface area contributed by atoms with Gasteiger partial charge in [-0.15, -0.1) is 0 Å². The Balaban J connectivity index is 2.42. The van der Waals surface area contributed by atoms with E-state index in [4.69, 9.17) is 9.63 Å². The van der Waals surface area contributed by atoms with E-state index in [1.54, 1.807) is 24.9 Å². The van der Waals surface area contributed by atoms with Gasteiger partial charge in [0.05, 0.1) is 18.8 Å². The van der Waals surface area contributed by atoms with Crippen molar-refractivity contribution in [2.75, 3.05) is 25.5 Å². The fourth-order valence-corrected chi connectivity index (χ4v) is 1.12. The van der Waals surface area contributed by atoms with E-state index in [1.807, 2.05) is 6.92 Å². The van der Waals surface area contributed by atoms with Gasteiger partial charge in [-0.05, 0) is 20.9 Å². The number of aromatic nitrogens is 1. The minimum Gasteiger partial charge on any atom is -0.395 e. The van der Waals surface area contributed by atoms with Crippen LogP contribution >= 0.6 is 0 Å². The van der Waals surface area contributed by atoms with Crippen LogP contribution in [0.15, 0.2) is 10.6 Å². The molecule has 1 aromatic rings. The van der Waals surface area contributed by atoms with E-state index in [0.29, 0.717) is 11.6 Å². The predicted molar refractivity (Wildman–Crippen MR) is 59.0 cm³/mol. The topological polar surface area (TPSA) is 78.6 Å². The van der Waals surface area contributed by atoms with Gasteiger partial charge in [0.1, 0.15) is 0 Å². The highest BCUT2D eigenvalue weighted by Gasteiger charge is 2.13. The highest BCUT2D eigenvalue weighted by molar-refractivity contribution is 5.90. The first-order chi connectivity index (χ1) is 7.52. The molecule has 16 heavy (non-hydrogen) atoms. The zero-order chi connectivity index (χ0) is 12.1. The van der Waals surface area contributed by atoms with Crippen LogP contribution in [0, 0.1) is 6.92 Å². The highest BCUT2D eigenvalue weighted by atomic mass is 16.5. The molecule has 0 spiro atoms. The van der Waals surface area contributed by atoms with E-state index in [1.165, 1.54) is 0 Å². The maximum atomic E-state index is 11.5. The average Bonchev–Trinajstić information content (AvgIpc) is 2.62. The molecular formula is C10H17N3O3. The second-order valence-corrected chi connectivity index (χ2v) is 3.83. The Morgan fingerprint density at radius 1 is 1.75 bits per heavy atom. The van der Waals surface area contributed by atoms with Crippen LogP contribution in [0.25, 0.3) is 0 Å². The summed E-state index contributed by atoms with van der Waals surface area (Å²) in [4.78, 5) is 13.3. The molecule has 0 aromatic carbocycles. The molecule has 6 nitrogen and oxygen atoms in total. The second-order valence-electron chi connectivity index (χ2n) is 3.83. The predicted octanol–water partition coefficient (Wildman–Crippen LogP) is 0.234. The summed E-state index contributed by atoms with van der Waals surface area (Å²) >= 11 is 0. The molecule has 0 aliphatic heterocycles. The monoisotopic (exact) mass is 227 g/mol. The van der Waals surface area contributed by atoms with Crippen molar-refractivity contribution in [3.05, 3.63) is 11.8 Å². The molecule has 0 aliphatic carbocycles. The van der Waals surface area contributed by atoms with E-state index < -0.39 is 0 Å². The van der Waals surface area contributed by atoms with Crippen LogP contribution in [0.1, 0.15) is 12.6 Å². The number of carbonyl (C=O) groups excluding carboxylic acids is 1. The first-order valence-corrected chi connectivity index (χ1v) is 5.07. The lowest BCUT2D eigenvalue weighted by molar-refractivity contribution is -0.117. The van der Waals surface area contributed by atoms with Crippen molar-refractivity contribution in [3.8, 4) is 0 Å². The number of carbonyl (C=O) groups is 1. The van der Waals surface area contributed by atoms with Gasteiger partial charge >= 0.3 is 0 Å². The Labute approximate surface area is 94.2 Å². The van der Waals surface area contributed by atoms with Gasteiger partial charge in [0, 0.05) is 12.1 Å². The van der Waals surface area contributed by atoms with Crippen LogP contribution in [0.3, 0.4) is 0 Å². The summed E-state index contributed by atoms with van der Waals surface area (Å²) in [6.07, 6.45) is 0. The minimum absolute atomic E-state index is 0.0190. The minimum atomic E-state index is -0.195. The molecule has 1 rings (SSSR count). The van der Waals surface area contributed by atoms with Crippen molar-refractivity contribution in [2.45, 2.75) is 19.9 Å². The van der Waals surface area contributed by atoms with E-state index in [-0.39, 0.29) is 25.1 Å². The van der Waals surface area contributed by atoms with Crippen LogP contribution in [0.4, 0.5) is 5.88 Å². The summed E-state index contributed by atoms with van der Waals surface area (Å²) < 4.78 is 4.85. The molecule has 0 aliphatic rings. The number of nitrogens with zero attached hydrogens (tertiary/aromatic N) is 2. The summed E-state index contributed by atoms with van der Waals surface area (Å²) in [6.45, 7) is 3.83. The molecule has 1 aromatic heterocycles. The van der Waals surface area contributed by atoms with Crippen molar-refractivity contribution in [3.63, 3.8) is 0 Å². The molecule has 0 saturated heterocycles. The van der Waals surface area contributed by atoms with E-state index >= 15 is 0 Å². The number of nitrogens with one attached hydrogen (secondary N) is 1. The number of amides is 1. The van der Waals surface area contributed by atoms with Gasteiger partial charge in [0.2, 0.25) is 11.8 Å². The van der Waals surface area contributed by atoms with Crippen molar-refractivity contribution >= 4 is 11.8 Å². The number of aliphatic hydroxyl groups is 1. The maximum absolute atomic E-state index is 11.5. The Morgan fingerprint density at radius 2 is 2.44 bits per heavy atom. The van der Waals surface area contributed by atoms with Crippen LogP contribution in [0.5, 0.6) is 0 Å². The highest BCUT2D eigenvalue weighted by Crippen LogP contribution is 2.08. The first-order valence-electron chi connectivity index (χ1n) is 5.07. The normalized spacial score (nSPS) is 12.8. The quantitative estimate of drug-likeness (QED) is 0.753. The summed E-state index contributed by atoms with van der Waals surface area (Å²) in [7, 11) is 1.77. The van der Waals surface area contributed by atoms with E-state index in [2.05, 4.69) is 10.5 Å². The largest absolute Gasteiger partial charge is 0.395 e. The smallest absolute Gasteiger partial charge is 0.240 e. The van der Waals surface area contributed by atoms with Gasteiger partial charge in [-0.25, -0.2) is 0 Å². The lowest BCUT2D eigenvalue weighted by Gasteiger charge is -2.21. The Bertz CT molecular complexity index is 351. The van der Waals surface area contributed by atoms with E-state index in [0.717, 1.165) is 0 Å². The number of hydrogen-bond donors (Lipinski definition) is 2. The summed E-state index contributed by atoms with van der Waals surface area (Å²) in [6, 6.07) is 1.59.